The van der Waals surface area contributed by atoms with Crippen LogP contribution >= 0.6 is 0 Å². The summed E-state index contributed by atoms with van der Waals surface area (Å²) in [5.74, 6) is 0.934. The summed E-state index contributed by atoms with van der Waals surface area (Å²) in [7, 11) is 1.70. The van der Waals surface area contributed by atoms with E-state index in [1.54, 1.807) is 7.11 Å². The maximum atomic E-state index is 6.00. The molecule has 0 radical (unpaired) electrons. The second-order valence-corrected chi connectivity index (χ2v) is 4.42. The third-order valence-corrected chi connectivity index (χ3v) is 2.22. The number of rotatable bonds is 3. The Morgan fingerprint density at radius 2 is 2.00 bits per heavy atom. The van der Waals surface area contributed by atoms with Gasteiger partial charge < -0.3 is 10.5 Å². The molecule has 0 saturated heterocycles. The van der Waals surface area contributed by atoms with Crippen LogP contribution < -0.4 is 10.5 Å². The largest absolute Gasteiger partial charge is 0.496 e. The third kappa shape index (κ3) is 2.74. The molecule has 0 aliphatic heterocycles. The van der Waals surface area contributed by atoms with Crippen molar-refractivity contribution in [3.05, 3.63) is 29.3 Å². The molecule has 1 aromatic rings. The number of methoxy groups -OCH3 is 1. The molecule has 0 saturated carbocycles. The Morgan fingerprint density at radius 1 is 1.36 bits per heavy atom. The molecule has 2 heteroatoms. The zero-order valence-electron chi connectivity index (χ0n) is 9.42. The quantitative estimate of drug-likeness (QED) is 0.799. The summed E-state index contributed by atoms with van der Waals surface area (Å²) in [5.41, 5.74) is 8.26. The van der Waals surface area contributed by atoms with Crippen molar-refractivity contribution in [2.45, 2.75) is 32.7 Å². The molecule has 0 aliphatic rings. The van der Waals surface area contributed by atoms with Crippen LogP contribution in [0.2, 0.25) is 0 Å². The zero-order chi connectivity index (χ0) is 10.8. The maximum Gasteiger partial charge on any atom is 0.122 e. The van der Waals surface area contributed by atoms with Crippen molar-refractivity contribution >= 4 is 0 Å². The lowest BCUT2D eigenvalue weighted by molar-refractivity contribution is 0.401. The molecule has 0 fully saturated rings. The number of aryl methyl sites for hydroxylation is 1. The molecule has 1 rings (SSSR count). The molecule has 0 unspecified atom stereocenters. The number of hydrogen-bond acceptors (Lipinski definition) is 2. The zero-order valence-corrected chi connectivity index (χ0v) is 9.42. The van der Waals surface area contributed by atoms with Crippen molar-refractivity contribution in [3.8, 4) is 5.75 Å². The number of nitrogens with two attached hydrogens (primary N) is 1. The highest BCUT2D eigenvalue weighted by Crippen LogP contribution is 2.25. The Hall–Kier alpha value is -1.02. The van der Waals surface area contributed by atoms with Gasteiger partial charge in [0, 0.05) is 5.54 Å². The van der Waals surface area contributed by atoms with E-state index in [2.05, 4.69) is 13.0 Å². The summed E-state index contributed by atoms with van der Waals surface area (Å²) >= 11 is 0. The number of benzene rings is 1. The van der Waals surface area contributed by atoms with Gasteiger partial charge in [0.05, 0.1) is 7.11 Å². The van der Waals surface area contributed by atoms with Crippen LogP contribution in [0.4, 0.5) is 0 Å². The first-order chi connectivity index (χ1) is 6.44. The average Bonchev–Trinajstić information content (AvgIpc) is 2.06. The molecule has 0 amide bonds. The smallest absolute Gasteiger partial charge is 0.122 e. The maximum absolute atomic E-state index is 6.00. The van der Waals surface area contributed by atoms with E-state index in [9.17, 15) is 0 Å². The van der Waals surface area contributed by atoms with Gasteiger partial charge in [-0.15, -0.1) is 0 Å². The molecule has 0 aromatic heterocycles. The van der Waals surface area contributed by atoms with Crippen LogP contribution in [0.5, 0.6) is 5.75 Å². The van der Waals surface area contributed by atoms with Crippen molar-refractivity contribution in [2.75, 3.05) is 7.11 Å². The molecular formula is C12H19NO. The fourth-order valence-corrected chi connectivity index (χ4v) is 1.55. The van der Waals surface area contributed by atoms with Gasteiger partial charge in [-0.3, -0.25) is 0 Å². The summed E-state index contributed by atoms with van der Waals surface area (Å²) in [5, 5.41) is 0. The van der Waals surface area contributed by atoms with E-state index in [0.29, 0.717) is 0 Å². The van der Waals surface area contributed by atoms with Gasteiger partial charge in [-0.05, 0) is 44.4 Å². The fraction of sp³-hybridized carbons (Fsp3) is 0.500. The van der Waals surface area contributed by atoms with Crippen molar-refractivity contribution in [1.82, 2.24) is 0 Å². The minimum Gasteiger partial charge on any atom is -0.496 e. The normalized spacial score (nSPS) is 11.5. The molecule has 0 heterocycles. The van der Waals surface area contributed by atoms with E-state index in [1.165, 1.54) is 11.1 Å². The van der Waals surface area contributed by atoms with Crippen LogP contribution in [-0.4, -0.2) is 12.6 Å². The SMILES string of the molecule is COc1cccc(C)c1CC(C)(C)N. The second kappa shape index (κ2) is 4.01. The lowest BCUT2D eigenvalue weighted by Gasteiger charge is -2.21. The van der Waals surface area contributed by atoms with Crippen LogP contribution in [0.3, 0.4) is 0 Å². The van der Waals surface area contributed by atoms with E-state index in [0.717, 1.165) is 12.2 Å². The lowest BCUT2D eigenvalue weighted by atomic mass is 9.93. The first kappa shape index (κ1) is 11.1. The minimum absolute atomic E-state index is 0.195. The highest BCUT2D eigenvalue weighted by Gasteiger charge is 2.16. The Kier molecular flexibility index (Phi) is 3.17. The predicted molar refractivity (Wildman–Crippen MR) is 59.7 cm³/mol. The molecule has 0 aliphatic carbocycles. The Morgan fingerprint density at radius 3 is 2.50 bits per heavy atom. The topological polar surface area (TPSA) is 35.2 Å². The van der Waals surface area contributed by atoms with Crippen molar-refractivity contribution < 1.29 is 4.74 Å². The molecule has 2 N–H and O–H groups in total. The Labute approximate surface area is 86.1 Å². The van der Waals surface area contributed by atoms with Gasteiger partial charge in [-0.25, -0.2) is 0 Å². The van der Waals surface area contributed by atoms with E-state index < -0.39 is 0 Å². The summed E-state index contributed by atoms with van der Waals surface area (Å²) in [4.78, 5) is 0. The molecule has 14 heavy (non-hydrogen) atoms. The predicted octanol–water partition coefficient (Wildman–Crippen LogP) is 2.28. The van der Waals surface area contributed by atoms with Gasteiger partial charge in [0.1, 0.15) is 5.75 Å². The summed E-state index contributed by atoms with van der Waals surface area (Å²) in [6, 6.07) is 6.07. The first-order valence-corrected chi connectivity index (χ1v) is 4.85. The molecule has 0 bridgehead atoms. The second-order valence-electron chi connectivity index (χ2n) is 4.42. The van der Waals surface area contributed by atoms with Crippen LogP contribution in [0.1, 0.15) is 25.0 Å². The van der Waals surface area contributed by atoms with Gasteiger partial charge in [0.2, 0.25) is 0 Å². The number of ether oxygens (including phenoxy) is 1. The van der Waals surface area contributed by atoms with Crippen LogP contribution in [0, 0.1) is 6.92 Å². The van der Waals surface area contributed by atoms with E-state index in [4.69, 9.17) is 10.5 Å². The van der Waals surface area contributed by atoms with E-state index >= 15 is 0 Å². The van der Waals surface area contributed by atoms with Crippen molar-refractivity contribution in [1.29, 1.82) is 0 Å². The molecule has 2 nitrogen and oxygen atoms in total. The van der Waals surface area contributed by atoms with Gasteiger partial charge in [0.15, 0.2) is 0 Å². The van der Waals surface area contributed by atoms with Crippen LogP contribution in [0.25, 0.3) is 0 Å². The Bertz CT molecular complexity index is 313. The van der Waals surface area contributed by atoms with Gasteiger partial charge in [-0.1, -0.05) is 12.1 Å². The highest BCUT2D eigenvalue weighted by molar-refractivity contribution is 5.40. The first-order valence-electron chi connectivity index (χ1n) is 4.85. The van der Waals surface area contributed by atoms with Gasteiger partial charge in [-0.2, -0.15) is 0 Å². The summed E-state index contributed by atoms with van der Waals surface area (Å²) in [6.45, 7) is 6.14. The van der Waals surface area contributed by atoms with Gasteiger partial charge in [0.25, 0.3) is 0 Å². The van der Waals surface area contributed by atoms with Crippen molar-refractivity contribution in [3.63, 3.8) is 0 Å². The minimum atomic E-state index is -0.195. The lowest BCUT2D eigenvalue weighted by Crippen LogP contribution is -2.34. The van der Waals surface area contributed by atoms with E-state index in [1.807, 2.05) is 26.0 Å². The molecule has 0 atom stereocenters. The highest BCUT2D eigenvalue weighted by atomic mass is 16.5. The molecule has 1 aromatic carbocycles. The molecule has 0 spiro atoms. The Balaban J connectivity index is 3.05. The number of hydrogen-bond donors (Lipinski definition) is 1. The monoisotopic (exact) mass is 193 g/mol. The third-order valence-electron chi connectivity index (χ3n) is 2.22. The average molecular weight is 193 g/mol. The fourth-order valence-electron chi connectivity index (χ4n) is 1.55. The van der Waals surface area contributed by atoms with Crippen LogP contribution in [0.15, 0.2) is 18.2 Å². The summed E-state index contributed by atoms with van der Waals surface area (Å²) in [6.07, 6.45) is 0.836. The summed E-state index contributed by atoms with van der Waals surface area (Å²) < 4.78 is 5.32. The standard InChI is InChI=1S/C12H19NO/c1-9-6-5-7-11(14-4)10(9)8-12(2,3)13/h5-7H,8,13H2,1-4H3. The van der Waals surface area contributed by atoms with Gasteiger partial charge >= 0.3 is 0 Å². The molecule has 78 valence electrons. The molecular weight excluding hydrogens is 174 g/mol. The van der Waals surface area contributed by atoms with Crippen molar-refractivity contribution in [2.24, 2.45) is 5.73 Å². The van der Waals surface area contributed by atoms with E-state index in [-0.39, 0.29) is 5.54 Å². The van der Waals surface area contributed by atoms with Crippen LogP contribution in [-0.2, 0) is 6.42 Å².